The molecule has 0 aliphatic rings. The summed E-state index contributed by atoms with van der Waals surface area (Å²) in [6.07, 6.45) is 3.20. The highest BCUT2D eigenvalue weighted by molar-refractivity contribution is 8.00. The second-order valence-electron chi connectivity index (χ2n) is 4.21. The van der Waals surface area contributed by atoms with Crippen LogP contribution in [0.25, 0.3) is 0 Å². The van der Waals surface area contributed by atoms with E-state index in [0.29, 0.717) is 12.4 Å². The number of nitrogen functional groups attached to an aromatic ring is 1. The van der Waals surface area contributed by atoms with Gasteiger partial charge in [0.15, 0.2) is 0 Å². The van der Waals surface area contributed by atoms with E-state index in [-0.39, 0.29) is 9.64 Å². The fourth-order valence-corrected chi connectivity index (χ4v) is 2.44. The zero-order chi connectivity index (χ0) is 13.1. The van der Waals surface area contributed by atoms with Crippen LogP contribution in [0.5, 0.6) is 0 Å². The number of hydrogen-bond donors (Lipinski definition) is 2. The molecule has 5 nitrogen and oxygen atoms in total. The van der Waals surface area contributed by atoms with Gasteiger partial charge in [-0.15, -0.1) is 0 Å². The minimum absolute atomic E-state index is 0.128. The standard InChI is InChI=1S/C10H17N3O2S2/c1-10(2,16-3)7-13-17(14,15)8-4-5-9(11)12-6-8/h4-6,13H,7H2,1-3H3,(H2,11,12). The number of rotatable bonds is 5. The second-order valence-corrected chi connectivity index (χ2v) is 7.49. The highest BCUT2D eigenvalue weighted by Crippen LogP contribution is 2.20. The molecule has 0 aromatic carbocycles. The lowest BCUT2D eigenvalue weighted by Gasteiger charge is -2.22. The van der Waals surface area contributed by atoms with Crippen molar-refractivity contribution in [3.05, 3.63) is 18.3 Å². The fraction of sp³-hybridized carbons (Fsp3) is 0.500. The molecule has 0 unspecified atom stereocenters. The summed E-state index contributed by atoms with van der Waals surface area (Å²) in [5.74, 6) is 0.299. The summed E-state index contributed by atoms with van der Waals surface area (Å²) >= 11 is 1.60. The maximum absolute atomic E-state index is 11.9. The van der Waals surface area contributed by atoms with Crippen molar-refractivity contribution in [2.45, 2.75) is 23.5 Å². The Balaban J connectivity index is 2.79. The van der Waals surface area contributed by atoms with Crippen LogP contribution < -0.4 is 10.5 Å². The molecule has 3 N–H and O–H groups in total. The molecule has 0 fully saturated rings. The van der Waals surface area contributed by atoms with Gasteiger partial charge in [-0.3, -0.25) is 0 Å². The average molecular weight is 275 g/mol. The average Bonchev–Trinajstić information content (AvgIpc) is 2.27. The first-order valence-electron chi connectivity index (χ1n) is 5.03. The van der Waals surface area contributed by atoms with E-state index in [4.69, 9.17) is 5.73 Å². The van der Waals surface area contributed by atoms with Gasteiger partial charge in [0.2, 0.25) is 10.0 Å². The van der Waals surface area contributed by atoms with Crippen molar-refractivity contribution in [3.63, 3.8) is 0 Å². The van der Waals surface area contributed by atoms with Crippen LogP contribution in [-0.4, -0.2) is 30.9 Å². The molecule has 0 aliphatic heterocycles. The lowest BCUT2D eigenvalue weighted by atomic mass is 10.2. The second kappa shape index (κ2) is 5.24. The third kappa shape index (κ3) is 4.18. The van der Waals surface area contributed by atoms with Gasteiger partial charge in [0.05, 0.1) is 0 Å². The highest BCUT2D eigenvalue weighted by atomic mass is 32.2. The van der Waals surface area contributed by atoms with Crippen molar-refractivity contribution in [1.82, 2.24) is 9.71 Å². The van der Waals surface area contributed by atoms with Crippen molar-refractivity contribution in [3.8, 4) is 0 Å². The number of sulfonamides is 1. The Morgan fingerprint density at radius 1 is 1.47 bits per heavy atom. The summed E-state index contributed by atoms with van der Waals surface area (Å²) in [4.78, 5) is 3.89. The molecule has 0 saturated carbocycles. The van der Waals surface area contributed by atoms with Gasteiger partial charge < -0.3 is 5.73 Å². The first kappa shape index (κ1) is 14.3. The maximum Gasteiger partial charge on any atom is 0.242 e. The monoisotopic (exact) mass is 275 g/mol. The van der Waals surface area contributed by atoms with E-state index in [1.165, 1.54) is 18.3 Å². The third-order valence-corrected chi connectivity index (χ3v) is 4.95. The van der Waals surface area contributed by atoms with Crippen molar-refractivity contribution >= 4 is 27.6 Å². The molecule has 17 heavy (non-hydrogen) atoms. The lowest BCUT2D eigenvalue weighted by Crippen LogP contribution is -2.36. The Labute approximate surface area is 106 Å². The molecular formula is C10H17N3O2S2. The number of anilines is 1. The number of aromatic nitrogens is 1. The fourth-order valence-electron chi connectivity index (χ4n) is 0.975. The van der Waals surface area contributed by atoms with E-state index >= 15 is 0 Å². The molecule has 0 aliphatic carbocycles. The third-order valence-electron chi connectivity index (χ3n) is 2.31. The summed E-state index contributed by atoms with van der Waals surface area (Å²) in [6, 6.07) is 2.91. The van der Waals surface area contributed by atoms with E-state index in [0.717, 1.165) is 0 Å². The summed E-state index contributed by atoms with van der Waals surface area (Å²) in [6.45, 7) is 4.31. The van der Waals surface area contributed by atoms with Crippen molar-refractivity contribution in [2.75, 3.05) is 18.5 Å². The molecule has 1 aromatic heterocycles. The Bertz CT molecular complexity index is 469. The molecule has 0 amide bonds. The Kier molecular flexibility index (Phi) is 4.40. The van der Waals surface area contributed by atoms with Crippen LogP contribution >= 0.6 is 11.8 Å². The normalized spacial score (nSPS) is 12.6. The van der Waals surface area contributed by atoms with Crippen molar-refractivity contribution < 1.29 is 8.42 Å². The van der Waals surface area contributed by atoms with Crippen LogP contribution in [0, 0.1) is 0 Å². The van der Waals surface area contributed by atoms with Crippen molar-refractivity contribution in [1.29, 1.82) is 0 Å². The predicted molar refractivity (Wildman–Crippen MR) is 71.4 cm³/mol. The van der Waals surface area contributed by atoms with E-state index < -0.39 is 10.0 Å². The number of nitrogens with two attached hydrogens (primary N) is 1. The van der Waals surface area contributed by atoms with E-state index in [1.807, 2.05) is 20.1 Å². The summed E-state index contributed by atoms with van der Waals surface area (Å²) < 4.78 is 26.2. The SMILES string of the molecule is CSC(C)(C)CNS(=O)(=O)c1ccc(N)nc1. The Morgan fingerprint density at radius 2 is 2.12 bits per heavy atom. The maximum atomic E-state index is 11.9. The number of nitrogens with zero attached hydrogens (tertiary/aromatic N) is 1. The van der Waals surface area contributed by atoms with Gasteiger partial charge >= 0.3 is 0 Å². The van der Waals surface area contributed by atoms with Gasteiger partial charge in [-0.1, -0.05) is 0 Å². The van der Waals surface area contributed by atoms with Crippen LogP contribution in [-0.2, 0) is 10.0 Å². The van der Waals surface area contributed by atoms with E-state index in [2.05, 4.69) is 9.71 Å². The highest BCUT2D eigenvalue weighted by Gasteiger charge is 2.21. The Hall–Kier alpha value is -0.790. The largest absolute Gasteiger partial charge is 0.384 e. The molecule has 1 aromatic rings. The molecule has 0 spiro atoms. The molecule has 1 heterocycles. The smallest absolute Gasteiger partial charge is 0.242 e. The molecule has 1 rings (SSSR count). The molecule has 96 valence electrons. The molecule has 0 bridgehead atoms. The minimum Gasteiger partial charge on any atom is -0.384 e. The van der Waals surface area contributed by atoms with Crippen LogP contribution in [0.15, 0.2) is 23.2 Å². The molecule has 0 saturated heterocycles. The number of thioether (sulfide) groups is 1. The van der Waals surface area contributed by atoms with E-state index in [9.17, 15) is 8.42 Å². The molecule has 7 heteroatoms. The number of hydrogen-bond acceptors (Lipinski definition) is 5. The van der Waals surface area contributed by atoms with Crippen LogP contribution in [0.3, 0.4) is 0 Å². The number of pyridine rings is 1. The van der Waals surface area contributed by atoms with Gasteiger partial charge in [-0.05, 0) is 32.2 Å². The number of nitrogens with one attached hydrogen (secondary N) is 1. The van der Waals surface area contributed by atoms with Crippen LogP contribution in [0.2, 0.25) is 0 Å². The van der Waals surface area contributed by atoms with Gasteiger partial charge in [0.25, 0.3) is 0 Å². The quantitative estimate of drug-likeness (QED) is 0.840. The Morgan fingerprint density at radius 3 is 2.59 bits per heavy atom. The predicted octanol–water partition coefficient (Wildman–Crippen LogP) is 1.08. The first-order valence-corrected chi connectivity index (χ1v) is 7.74. The zero-order valence-corrected chi connectivity index (χ0v) is 11.7. The topological polar surface area (TPSA) is 85.1 Å². The lowest BCUT2D eigenvalue weighted by molar-refractivity contribution is 0.570. The summed E-state index contributed by atoms with van der Waals surface area (Å²) in [7, 11) is -3.50. The van der Waals surface area contributed by atoms with Gasteiger partial charge in [-0.2, -0.15) is 11.8 Å². The molecular weight excluding hydrogens is 258 g/mol. The minimum atomic E-state index is -3.50. The van der Waals surface area contributed by atoms with Gasteiger partial charge in [0.1, 0.15) is 10.7 Å². The first-order chi connectivity index (χ1) is 7.77. The van der Waals surface area contributed by atoms with E-state index in [1.54, 1.807) is 11.8 Å². The summed E-state index contributed by atoms with van der Waals surface area (Å²) in [5.41, 5.74) is 5.41. The van der Waals surface area contributed by atoms with Crippen molar-refractivity contribution in [2.24, 2.45) is 0 Å². The zero-order valence-electron chi connectivity index (χ0n) is 10.1. The molecule has 0 atom stereocenters. The van der Waals surface area contributed by atoms with Gasteiger partial charge in [0, 0.05) is 17.5 Å². The van der Waals surface area contributed by atoms with Crippen LogP contribution in [0.4, 0.5) is 5.82 Å². The summed E-state index contributed by atoms with van der Waals surface area (Å²) in [5, 5.41) is 0. The molecule has 0 radical (unpaired) electrons. The van der Waals surface area contributed by atoms with Gasteiger partial charge in [-0.25, -0.2) is 18.1 Å². The van der Waals surface area contributed by atoms with Crippen LogP contribution in [0.1, 0.15) is 13.8 Å².